The molecule has 1 heteroatoms. The van der Waals surface area contributed by atoms with Crippen LogP contribution in [0.25, 0.3) is 0 Å². The van der Waals surface area contributed by atoms with Gasteiger partial charge in [-0.3, -0.25) is 0 Å². The number of hydrogen-bond acceptors (Lipinski definition) is 1. The molecule has 0 aromatic heterocycles. The first kappa shape index (κ1) is 15.1. The molecule has 1 nitrogen and oxygen atoms in total. The van der Waals surface area contributed by atoms with Crippen LogP contribution < -0.4 is 0 Å². The van der Waals surface area contributed by atoms with E-state index in [0.717, 1.165) is 17.8 Å². The quantitative estimate of drug-likeness (QED) is 0.639. The number of nitriles is 1. The molecule has 0 amide bonds. The maximum Gasteiger partial charge on any atom is 0.152 e. The second-order valence-corrected chi connectivity index (χ2v) is 6.13. The average molecular weight is 245 g/mol. The van der Waals surface area contributed by atoms with Gasteiger partial charge in [-0.1, -0.05) is 39.5 Å². The van der Waals surface area contributed by atoms with E-state index in [0.29, 0.717) is 5.92 Å². The van der Waals surface area contributed by atoms with Crippen LogP contribution in [0.4, 0.5) is 0 Å². The fourth-order valence-corrected chi connectivity index (χ4v) is 3.19. The van der Waals surface area contributed by atoms with E-state index < -0.39 is 0 Å². The van der Waals surface area contributed by atoms with Gasteiger partial charge in [0.05, 0.1) is 0 Å². The normalized spacial score (nSPS) is 25.1. The summed E-state index contributed by atoms with van der Waals surface area (Å²) in [5, 5.41) is 8.47. The molecular weight excluding hydrogens is 218 g/mol. The first-order chi connectivity index (χ1) is 8.67. The van der Waals surface area contributed by atoms with E-state index in [9.17, 15) is 0 Å². The molecule has 1 aliphatic rings. The van der Waals surface area contributed by atoms with Crippen molar-refractivity contribution in [3.8, 4) is 17.9 Å². The SMILES string of the molecule is CCC(CCC(C)C)C1CCC(C#CC#N)CC1. The molecule has 18 heavy (non-hydrogen) atoms. The Bertz CT molecular complexity index is 318. The Morgan fingerprint density at radius 2 is 1.78 bits per heavy atom. The van der Waals surface area contributed by atoms with Gasteiger partial charge in [-0.25, -0.2) is 0 Å². The van der Waals surface area contributed by atoms with Gasteiger partial charge in [0.2, 0.25) is 0 Å². The summed E-state index contributed by atoms with van der Waals surface area (Å²) in [6.07, 6.45) is 9.14. The summed E-state index contributed by atoms with van der Waals surface area (Å²) in [7, 11) is 0. The zero-order valence-corrected chi connectivity index (χ0v) is 12.2. The first-order valence-electron chi connectivity index (χ1n) is 7.57. The van der Waals surface area contributed by atoms with Crippen LogP contribution in [-0.2, 0) is 0 Å². The van der Waals surface area contributed by atoms with Crippen LogP contribution in [0.5, 0.6) is 0 Å². The molecule has 1 saturated carbocycles. The third kappa shape index (κ3) is 5.14. The standard InChI is InChI=1S/C17H27N/c1-4-16(10-7-14(2)3)17-11-8-15(9-12-17)6-5-13-18/h14-17H,4,7-12H2,1-3H3. The summed E-state index contributed by atoms with van der Waals surface area (Å²) in [6.45, 7) is 6.98. The molecule has 0 bridgehead atoms. The van der Waals surface area contributed by atoms with E-state index in [1.807, 2.05) is 6.07 Å². The van der Waals surface area contributed by atoms with Crippen LogP contribution in [-0.4, -0.2) is 0 Å². The maximum atomic E-state index is 8.47. The number of rotatable bonds is 5. The van der Waals surface area contributed by atoms with Gasteiger partial charge in [0.25, 0.3) is 0 Å². The van der Waals surface area contributed by atoms with Crippen molar-refractivity contribution in [3.63, 3.8) is 0 Å². The third-order valence-corrected chi connectivity index (χ3v) is 4.41. The smallest absolute Gasteiger partial charge is 0.152 e. The second-order valence-electron chi connectivity index (χ2n) is 6.13. The molecule has 1 atom stereocenters. The summed E-state index contributed by atoms with van der Waals surface area (Å²) in [5.74, 6) is 8.80. The van der Waals surface area contributed by atoms with Gasteiger partial charge in [-0.05, 0) is 49.9 Å². The molecule has 1 rings (SSSR count). The molecule has 0 N–H and O–H groups in total. The average Bonchev–Trinajstić information content (AvgIpc) is 2.38. The third-order valence-electron chi connectivity index (χ3n) is 4.41. The summed E-state index contributed by atoms with van der Waals surface area (Å²) in [4.78, 5) is 0. The topological polar surface area (TPSA) is 23.8 Å². The van der Waals surface area contributed by atoms with E-state index in [1.54, 1.807) is 0 Å². The fourth-order valence-electron chi connectivity index (χ4n) is 3.19. The Kier molecular flexibility index (Phi) is 6.89. The van der Waals surface area contributed by atoms with E-state index >= 15 is 0 Å². The zero-order valence-electron chi connectivity index (χ0n) is 12.2. The minimum absolute atomic E-state index is 0.489. The summed E-state index contributed by atoms with van der Waals surface area (Å²) in [5.41, 5.74) is 0. The van der Waals surface area contributed by atoms with E-state index in [1.165, 1.54) is 44.9 Å². The molecular formula is C17H27N. The van der Waals surface area contributed by atoms with Gasteiger partial charge in [-0.15, -0.1) is 0 Å². The molecule has 0 saturated heterocycles. The Balaban J connectivity index is 2.38. The van der Waals surface area contributed by atoms with Crippen molar-refractivity contribution >= 4 is 0 Å². The number of nitrogens with zero attached hydrogens (tertiary/aromatic N) is 1. The van der Waals surface area contributed by atoms with Gasteiger partial charge >= 0.3 is 0 Å². The van der Waals surface area contributed by atoms with Gasteiger partial charge in [-0.2, -0.15) is 5.26 Å². The monoisotopic (exact) mass is 245 g/mol. The molecule has 100 valence electrons. The van der Waals surface area contributed by atoms with Crippen LogP contribution in [0.2, 0.25) is 0 Å². The van der Waals surface area contributed by atoms with Crippen molar-refractivity contribution in [2.45, 2.75) is 65.7 Å². The summed E-state index contributed by atoms with van der Waals surface area (Å²) < 4.78 is 0. The first-order valence-corrected chi connectivity index (χ1v) is 7.57. The molecule has 0 aliphatic heterocycles. The van der Waals surface area contributed by atoms with E-state index in [4.69, 9.17) is 5.26 Å². The summed E-state index contributed by atoms with van der Waals surface area (Å²) >= 11 is 0. The molecule has 1 fully saturated rings. The minimum Gasteiger partial charge on any atom is -0.183 e. The van der Waals surface area contributed by atoms with Gasteiger partial charge in [0, 0.05) is 11.8 Å². The fraction of sp³-hybridized carbons (Fsp3) is 0.824. The van der Waals surface area contributed by atoms with Crippen molar-refractivity contribution in [2.24, 2.45) is 23.7 Å². The molecule has 0 spiro atoms. The second kappa shape index (κ2) is 8.20. The Labute approximate surface area is 113 Å². The van der Waals surface area contributed by atoms with Crippen molar-refractivity contribution in [2.75, 3.05) is 0 Å². The maximum absolute atomic E-state index is 8.47. The van der Waals surface area contributed by atoms with Crippen LogP contribution in [0, 0.1) is 46.8 Å². The Morgan fingerprint density at radius 3 is 2.28 bits per heavy atom. The summed E-state index contributed by atoms with van der Waals surface area (Å²) in [6, 6.07) is 1.93. The predicted molar refractivity (Wildman–Crippen MR) is 76.7 cm³/mol. The van der Waals surface area contributed by atoms with Gasteiger partial charge in [0.1, 0.15) is 0 Å². The molecule has 0 aromatic rings. The van der Waals surface area contributed by atoms with Crippen molar-refractivity contribution in [3.05, 3.63) is 0 Å². The molecule has 0 heterocycles. The highest BCUT2D eigenvalue weighted by Crippen LogP contribution is 2.37. The van der Waals surface area contributed by atoms with Crippen molar-refractivity contribution in [1.82, 2.24) is 0 Å². The zero-order chi connectivity index (χ0) is 13.4. The highest BCUT2D eigenvalue weighted by Gasteiger charge is 2.25. The molecule has 1 unspecified atom stereocenters. The Hall–Kier alpha value is -0.950. The minimum atomic E-state index is 0.489. The molecule has 1 aliphatic carbocycles. The van der Waals surface area contributed by atoms with Crippen molar-refractivity contribution < 1.29 is 0 Å². The van der Waals surface area contributed by atoms with E-state index in [2.05, 4.69) is 32.6 Å². The van der Waals surface area contributed by atoms with Crippen LogP contribution in [0.1, 0.15) is 65.7 Å². The lowest BCUT2D eigenvalue weighted by molar-refractivity contribution is 0.203. The lowest BCUT2D eigenvalue weighted by atomic mass is 9.73. The lowest BCUT2D eigenvalue weighted by Crippen LogP contribution is -2.21. The largest absolute Gasteiger partial charge is 0.183 e. The van der Waals surface area contributed by atoms with Gasteiger partial charge in [0.15, 0.2) is 6.07 Å². The molecule has 0 aromatic carbocycles. The van der Waals surface area contributed by atoms with Crippen molar-refractivity contribution in [1.29, 1.82) is 5.26 Å². The van der Waals surface area contributed by atoms with Crippen LogP contribution in [0.15, 0.2) is 0 Å². The molecule has 0 radical (unpaired) electrons. The van der Waals surface area contributed by atoms with Crippen LogP contribution in [0.3, 0.4) is 0 Å². The predicted octanol–water partition coefficient (Wildman–Crippen LogP) is 4.78. The van der Waals surface area contributed by atoms with E-state index in [-0.39, 0.29) is 0 Å². The Morgan fingerprint density at radius 1 is 1.11 bits per heavy atom. The lowest BCUT2D eigenvalue weighted by Gasteiger charge is -2.32. The van der Waals surface area contributed by atoms with Crippen LogP contribution >= 0.6 is 0 Å². The highest BCUT2D eigenvalue weighted by atomic mass is 14.3. The number of hydrogen-bond donors (Lipinski definition) is 0. The van der Waals surface area contributed by atoms with Gasteiger partial charge < -0.3 is 0 Å². The highest BCUT2D eigenvalue weighted by molar-refractivity contribution is 5.18.